The van der Waals surface area contributed by atoms with Gasteiger partial charge in [-0.3, -0.25) is 10.1 Å². The van der Waals surface area contributed by atoms with Gasteiger partial charge in [-0.05, 0) is 27.1 Å². The molecule has 0 spiro atoms. The third kappa shape index (κ3) is 4.97. The number of nitro groups is 1. The maximum absolute atomic E-state index is 10.9. The Morgan fingerprint density at radius 1 is 1.52 bits per heavy atom. The van der Waals surface area contributed by atoms with Gasteiger partial charge in [-0.2, -0.15) is 0 Å². The Kier molecular flexibility index (Phi) is 5.17. The van der Waals surface area contributed by atoms with Gasteiger partial charge in [0, 0.05) is 19.2 Å². The van der Waals surface area contributed by atoms with Gasteiger partial charge in [-0.25, -0.2) is 9.78 Å². The van der Waals surface area contributed by atoms with Crippen molar-refractivity contribution in [2.24, 2.45) is 0 Å². The number of nitrogens with one attached hydrogen (secondary N) is 1. The standard InChI is InChI=1S/C12H18N4O5/c1-12(19,7-15(2)3)6-13-10-9(16(20)21)5-4-8(14-10)11(17)18/h4-5,19H,6-7H2,1-3H3,(H,13,14)(H,17,18). The number of aromatic carboxylic acids is 1. The second-order valence-electron chi connectivity index (χ2n) is 5.21. The molecule has 0 saturated carbocycles. The van der Waals surface area contributed by atoms with Crippen molar-refractivity contribution in [1.82, 2.24) is 9.88 Å². The van der Waals surface area contributed by atoms with E-state index >= 15 is 0 Å². The van der Waals surface area contributed by atoms with Crippen LogP contribution in [0.2, 0.25) is 0 Å². The van der Waals surface area contributed by atoms with Crippen LogP contribution in [0.25, 0.3) is 0 Å². The summed E-state index contributed by atoms with van der Waals surface area (Å²) in [5.74, 6) is -1.47. The zero-order valence-corrected chi connectivity index (χ0v) is 12.0. The summed E-state index contributed by atoms with van der Waals surface area (Å²) in [5, 5.41) is 32.6. The predicted octanol–water partition coefficient (Wildman–Crippen LogP) is 0.412. The number of likely N-dealkylation sites (N-methyl/N-ethyl adjacent to an activating group) is 1. The molecule has 9 heteroatoms. The van der Waals surface area contributed by atoms with E-state index in [2.05, 4.69) is 10.3 Å². The molecule has 0 aromatic carbocycles. The summed E-state index contributed by atoms with van der Waals surface area (Å²) in [7, 11) is 3.56. The molecule has 1 unspecified atom stereocenters. The third-order valence-electron chi connectivity index (χ3n) is 2.58. The van der Waals surface area contributed by atoms with E-state index in [1.165, 1.54) is 0 Å². The molecule has 0 amide bonds. The molecule has 1 rings (SSSR count). The molecule has 0 aliphatic rings. The number of anilines is 1. The van der Waals surface area contributed by atoms with Gasteiger partial charge in [0.1, 0.15) is 0 Å². The highest BCUT2D eigenvalue weighted by molar-refractivity contribution is 5.86. The SMILES string of the molecule is CN(C)CC(C)(O)CNc1nc(C(=O)O)ccc1[N+](=O)[O-]. The van der Waals surface area contributed by atoms with Crippen LogP contribution >= 0.6 is 0 Å². The van der Waals surface area contributed by atoms with Gasteiger partial charge in [0.05, 0.1) is 10.5 Å². The summed E-state index contributed by atoms with van der Waals surface area (Å²) in [6, 6.07) is 2.13. The summed E-state index contributed by atoms with van der Waals surface area (Å²) in [5.41, 5.74) is -1.81. The molecule has 9 nitrogen and oxygen atoms in total. The fraction of sp³-hybridized carbons (Fsp3) is 0.500. The van der Waals surface area contributed by atoms with E-state index in [0.717, 1.165) is 12.1 Å². The van der Waals surface area contributed by atoms with E-state index in [0.29, 0.717) is 6.54 Å². The number of carboxylic acids is 1. The molecule has 1 atom stereocenters. The predicted molar refractivity (Wildman–Crippen MR) is 75.5 cm³/mol. The number of rotatable bonds is 7. The fourth-order valence-corrected chi connectivity index (χ4v) is 1.86. The van der Waals surface area contributed by atoms with Crippen LogP contribution < -0.4 is 5.32 Å². The molecular formula is C12H18N4O5. The summed E-state index contributed by atoms with van der Waals surface area (Å²) >= 11 is 0. The molecule has 0 fully saturated rings. The van der Waals surface area contributed by atoms with Crippen LogP contribution in [-0.2, 0) is 0 Å². The first-order chi connectivity index (χ1) is 9.62. The van der Waals surface area contributed by atoms with E-state index in [1.807, 2.05) is 0 Å². The molecule has 1 heterocycles. The van der Waals surface area contributed by atoms with Gasteiger partial charge in [-0.15, -0.1) is 0 Å². The molecule has 21 heavy (non-hydrogen) atoms. The minimum atomic E-state index is -1.28. The molecule has 0 aliphatic heterocycles. The van der Waals surface area contributed by atoms with E-state index < -0.39 is 16.5 Å². The first-order valence-corrected chi connectivity index (χ1v) is 6.12. The van der Waals surface area contributed by atoms with E-state index in [9.17, 15) is 20.0 Å². The van der Waals surface area contributed by atoms with E-state index in [-0.39, 0.29) is 23.7 Å². The van der Waals surface area contributed by atoms with Crippen LogP contribution in [0.15, 0.2) is 12.1 Å². The van der Waals surface area contributed by atoms with Gasteiger partial charge in [0.2, 0.25) is 5.82 Å². The number of carbonyl (C=O) groups is 1. The lowest BCUT2D eigenvalue weighted by molar-refractivity contribution is -0.384. The molecule has 0 saturated heterocycles. The lowest BCUT2D eigenvalue weighted by atomic mass is 10.1. The van der Waals surface area contributed by atoms with Crippen molar-refractivity contribution in [2.45, 2.75) is 12.5 Å². The van der Waals surface area contributed by atoms with Gasteiger partial charge in [-0.1, -0.05) is 0 Å². The second-order valence-corrected chi connectivity index (χ2v) is 5.21. The van der Waals surface area contributed by atoms with Crippen LogP contribution in [0.3, 0.4) is 0 Å². The van der Waals surface area contributed by atoms with Gasteiger partial charge >= 0.3 is 11.7 Å². The number of pyridine rings is 1. The van der Waals surface area contributed by atoms with Crippen molar-refractivity contribution in [3.8, 4) is 0 Å². The fourth-order valence-electron chi connectivity index (χ4n) is 1.86. The van der Waals surface area contributed by atoms with Crippen LogP contribution in [-0.4, -0.2) is 63.8 Å². The Morgan fingerprint density at radius 3 is 2.62 bits per heavy atom. The molecule has 0 aliphatic carbocycles. The van der Waals surface area contributed by atoms with Crippen LogP contribution in [0.5, 0.6) is 0 Å². The molecule has 3 N–H and O–H groups in total. The van der Waals surface area contributed by atoms with Crippen molar-refractivity contribution in [1.29, 1.82) is 0 Å². The van der Waals surface area contributed by atoms with Crippen LogP contribution in [0, 0.1) is 10.1 Å². The van der Waals surface area contributed by atoms with Crippen molar-refractivity contribution < 1.29 is 19.9 Å². The Hall–Kier alpha value is -2.26. The van der Waals surface area contributed by atoms with Crippen molar-refractivity contribution in [3.63, 3.8) is 0 Å². The largest absolute Gasteiger partial charge is 0.477 e. The zero-order valence-electron chi connectivity index (χ0n) is 12.0. The average Bonchev–Trinajstić information content (AvgIpc) is 2.34. The highest BCUT2D eigenvalue weighted by Crippen LogP contribution is 2.22. The number of aromatic nitrogens is 1. The Labute approximate surface area is 121 Å². The van der Waals surface area contributed by atoms with Crippen LogP contribution in [0.1, 0.15) is 17.4 Å². The number of hydrogen-bond acceptors (Lipinski definition) is 7. The van der Waals surface area contributed by atoms with Gasteiger partial charge < -0.3 is 20.4 Å². The monoisotopic (exact) mass is 298 g/mol. The zero-order chi connectivity index (χ0) is 16.2. The molecule has 1 aromatic rings. The van der Waals surface area contributed by atoms with Crippen LogP contribution in [0.4, 0.5) is 11.5 Å². The second kappa shape index (κ2) is 6.46. The topological polar surface area (TPSA) is 129 Å². The quantitative estimate of drug-likeness (QED) is 0.487. The minimum absolute atomic E-state index is 0.0118. The normalized spacial score (nSPS) is 13.8. The van der Waals surface area contributed by atoms with Gasteiger partial charge in [0.15, 0.2) is 5.69 Å². The number of aliphatic hydroxyl groups is 1. The summed E-state index contributed by atoms with van der Waals surface area (Å²) in [6.45, 7) is 1.88. The van der Waals surface area contributed by atoms with Crippen molar-refractivity contribution in [3.05, 3.63) is 27.9 Å². The summed E-state index contributed by atoms with van der Waals surface area (Å²) < 4.78 is 0. The summed E-state index contributed by atoms with van der Waals surface area (Å²) in [6.07, 6.45) is 0. The first-order valence-electron chi connectivity index (χ1n) is 6.12. The minimum Gasteiger partial charge on any atom is -0.477 e. The Balaban J connectivity index is 2.97. The molecule has 0 bridgehead atoms. The maximum atomic E-state index is 10.9. The molecule has 1 aromatic heterocycles. The Bertz CT molecular complexity index is 544. The molecular weight excluding hydrogens is 280 g/mol. The number of carboxylic acid groups (broad SMARTS) is 1. The smallest absolute Gasteiger partial charge is 0.354 e. The highest BCUT2D eigenvalue weighted by atomic mass is 16.6. The number of nitrogens with zero attached hydrogens (tertiary/aromatic N) is 3. The van der Waals surface area contributed by atoms with Gasteiger partial charge in [0.25, 0.3) is 0 Å². The maximum Gasteiger partial charge on any atom is 0.354 e. The first kappa shape index (κ1) is 16.8. The summed E-state index contributed by atoms with van der Waals surface area (Å²) in [4.78, 5) is 26.6. The van der Waals surface area contributed by atoms with E-state index in [4.69, 9.17) is 5.11 Å². The highest BCUT2D eigenvalue weighted by Gasteiger charge is 2.24. The van der Waals surface area contributed by atoms with Crippen molar-refractivity contribution in [2.75, 3.05) is 32.5 Å². The van der Waals surface area contributed by atoms with Crippen molar-refractivity contribution >= 4 is 17.5 Å². The lowest BCUT2D eigenvalue weighted by Gasteiger charge is -2.27. The van der Waals surface area contributed by atoms with E-state index in [1.54, 1.807) is 25.9 Å². The molecule has 0 radical (unpaired) electrons. The Morgan fingerprint density at radius 2 is 2.14 bits per heavy atom. The average molecular weight is 298 g/mol. The third-order valence-corrected chi connectivity index (χ3v) is 2.58. The lowest BCUT2D eigenvalue weighted by Crippen LogP contribution is -2.43. The number of hydrogen-bond donors (Lipinski definition) is 3. The molecule has 116 valence electrons.